The number of benzene rings is 2. The van der Waals surface area contributed by atoms with E-state index >= 15 is 0 Å². The molecule has 7 nitrogen and oxygen atoms in total. The first kappa shape index (κ1) is 19.1. The molecule has 2 aliphatic rings. The molecule has 2 aliphatic heterocycles. The third-order valence-electron chi connectivity index (χ3n) is 6.06. The van der Waals surface area contributed by atoms with E-state index in [0.717, 1.165) is 16.6 Å². The van der Waals surface area contributed by atoms with E-state index in [9.17, 15) is 9.59 Å². The fraction of sp³-hybridized carbons (Fsp3) is 0.208. The molecule has 158 valence electrons. The highest BCUT2D eigenvalue weighted by Crippen LogP contribution is 2.47. The molecule has 3 atom stereocenters. The molecule has 32 heavy (non-hydrogen) atoms. The lowest BCUT2D eigenvalue weighted by Gasteiger charge is -2.45. The van der Waals surface area contributed by atoms with Crippen molar-refractivity contribution in [2.24, 2.45) is 10.9 Å². The molecule has 4 heterocycles. The maximum absolute atomic E-state index is 13.5. The van der Waals surface area contributed by atoms with Crippen molar-refractivity contribution in [2.45, 2.75) is 25.6 Å². The zero-order chi connectivity index (χ0) is 22.0. The second-order valence-corrected chi connectivity index (χ2v) is 9.20. The number of ether oxygens (including phenoxy) is 1. The zero-order valence-electron chi connectivity index (χ0n) is 17.4. The van der Waals surface area contributed by atoms with Gasteiger partial charge in [0.1, 0.15) is 17.5 Å². The largest absolute Gasteiger partial charge is 0.465 e. The van der Waals surface area contributed by atoms with E-state index in [4.69, 9.17) is 9.73 Å². The summed E-state index contributed by atoms with van der Waals surface area (Å²) in [6, 6.07) is 14.7. The molecule has 0 unspecified atom stereocenters. The molecule has 0 amide bonds. The predicted molar refractivity (Wildman–Crippen MR) is 120 cm³/mol. The first-order chi connectivity index (χ1) is 15.4. The van der Waals surface area contributed by atoms with Crippen LogP contribution < -0.4 is 19.6 Å². The maximum atomic E-state index is 13.5. The van der Waals surface area contributed by atoms with Gasteiger partial charge in [0.15, 0.2) is 4.80 Å². The molecule has 4 aromatic rings. The molecule has 2 aromatic carbocycles. The number of Topliss-reactive ketones (excluding diaryl/α,β-unsaturated/α-hetero) is 1. The molecule has 0 spiro atoms. The van der Waals surface area contributed by atoms with E-state index in [0.29, 0.717) is 20.8 Å². The standard InChI is InChI=1S/C24H18N4O3S/c1-13(29)20-21-15-7-3-6-10-18(15)31-24(20,2)27-23-28(21)22(30)19(32-23)11-14-12-25-16-8-4-5-9-17(16)26-14/h3-12,20-21H,1-2H3/b19-11-/t20-,21+,24+/m1/s1. The molecule has 0 fully saturated rings. The molecular formula is C24H18N4O3S. The average Bonchev–Trinajstić information content (AvgIpc) is 3.06. The Balaban J connectivity index is 1.60. The maximum Gasteiger partial charge on any atom is 0.270 e. The van der Waals surface area contributed by atoms with Crippen molar-refractivity contribution in [3.05, 3.63) is 85.7 Å². The quantitative estimate of drug-likeness (QED) is 0.475. The minimum atomic E-state index is -1.07. The van der Waals surface area contributed by atoms with E-state index in [2.05, 4.69) is 9.97 Å². The lowest BCUT2D eigenvalue weighted by atomic mass is 9.79. The number of aromatic nitrogens is 3. The number of carbonyl (C=O) groups excluding carboxylic acids is 1. The number of fused-ring (bicyclic) bond motifs is 7. The summed E-state index contributed by atoms with van der Waals surface area (Å²) < 4.78 is 8.34. The van der Waals surface area contributed by atoms with Crippen molar-refractivity contribution >= 4 is 34.2 Å². The van der Waals surface area contributed by atoms with E-state index in [1.54, 1.807) is 16.8 Å². The number of hydrogen-bond donors (Lipinski definition) is 0. The van der Waals surface area contributed by atoms with Gasteiger partial charge in [0.05, 0.1) is 33.5 Å². The van der Waals surface area contributed by atoms with Gasteiger partial charge in [-0.1, -0.05) is 41.7 Å². The van der Waals surface area contributed by atoms with Crippen molar-refractivity contribution < 1.29 is 9.53 Å². The molecule has 2 bridgehead atoms. The second-order valence-electron chi connectivity index (χ2n) is 8.19. The summed E-state index contributed by atoms with van der Waals surface area (Å²) in [6.07, 6.45) is 3.38. The van der Waals surface area contributed by atoms with Crippen LogP contribution in [0.2, 0.25) is 0 Å². The van der Waals surface area contributed by atoms with Crippen LogP contribution in [-0.4, -0.2) is 26.0 Å². The van der Waals surface area contributed by atoms with E-state index in [1.807, 2.05) is 55.5 Å². The number of thiazole rings is 1. The molecule has 0 saturated carbocycles. The number of ketones is 1. The third kappa shape index (κ3) is 2.69. The predicted octanol–water partition coefficient (Wildman–Crippen LogP) is 2.22. The van der Waals surface area contributed by atoms with Crippen LogP contribution >= 0.6 is 11.3 Å². The van der Waals surface area contributed by atoms with Crippen LogP contribution in [0.4, 0.5) is 0 Å². The Morgan fingerprint density at radius 3 is 2.72 bits per heavy atom. The van der Waals surface area contributed by atoms with Crippen molar-refractivity contribution in [3.63, 3.8) is 0 Å². The van der Waals surface area contributed by atoms with Gasteiger partial charge in [-0.3, -0.25) is 19.1 Å². The van der Waals surface area contributed by atoms with Gasteiger partial charge in [-0.25, -0.2) is 9.98 Å². The van der Waals surface area contributed by atoms with Gasteiger partial charge in [-0.15, -0.1) is 0 Å². The average molecular weight is 443 g/mol. The van der Waals surface area contributed by atoms with Crippen LogP contribution in [0.1, 0.15) is 31.1 Å². The first-order valence-electron chi connectivity index (χ1n) is 10.3. The second kappa shape index (κ2) is 6.67. The lowest BCUT2D eigenvalue weighted by molar-refractivity contribution is -0.132. The topological polar surface area (TPSA) is 86.4 Å². The van der Waals surface area contributed by atoms with Crippen LogP contribution in [0.3, 0.4) is 0 Å². The normalized spacial score (nSPS) is 23.8. The van der Waals surface area contributed by atoms with Gasteiger partial charge in [0.25, 0.3) is 5.56 Å². The van der Waals surface area contributed by atoms with Crippen LogP contribution in [0.25, 0.3) is 17.1 Å². The van der Waals surface area contributed by atoms with Crippen LogP contribution in [-0.2, 0) is 4.79 Å². The number of nitrogens with zero attached hydrogens (tertiary/aromatic N) is 4. The molecular weight excluding hydrogens is 424 g/mol. The fourth-order valence-corrected chi connectivity index (χ4v) is 5.82. The number of para-hydroxylation sites is 3. The van der Waals surface area contributed by atoms with Crippen molar-refractivity contribution in [1.29, 1.82) is 0 Å². The van der Waals surface area contributed by atoms with Crippen LogP contribution in [0.15, 0.2) is 64.5 Å². The van der Waals surface area contributed by atoms with Gasteiger partial charge in [0, 0.05) is 5.56 Å². The summed E-state index contributed by atoms with van der Waals surface area (Å²) in [6.45, 7) is 3.34. The summed E-state index contributed by atoms with van der Waals surface area (Å²) >= 11 is 1.28. The highest BCUT2D eigenvalue weighted by molar-refractivity contribution is 7.07. The third-order valence-corrected chi connectivity index (χ3v) is 7.05. The summed E-state index contributed by atoms with van der Waals surface area (Å²) in [5.74, 6) is -0.00753. The van der Waals surface area contributed by atoms with Crippen molar-refractivity contribution in [2.75, 3.05) is 0 Å². The molecule has 0 saturated heterocycles. The van der Waals surface area contributed by atoms with Gasteiger partial charge >= 0.3 is 0 Å². The van der Waals surface area contributed by atoms with Gasteiger partial charge in [-0.2, -0.15) is 0 Å². The smallest absolute Gasteiger partial charge is 0.270 e. The molecule has 0 aliphatic carbocycles. The molecule has 6 rings (SSSR count). The Bertz CT molecular complexity index is 1610. The van der Waals surface area contributed by atoms with Crippen molar-refractivity contribution in [3.8, 4) is 5.75 Å². The Morgan fingerprint density at radius 1 is 1.16 bits per heavy atom. The lowest BCUT2D eigenvalue weighted by Crippen LogP contribution is -2.58. The summed E-state index contributed by atoms with van der Waals surface area (Å²) in [5.41, 5.74) is 1.70. The van der Waals surface area contributed by atoms with E-state index in [-0.39, 0.29) is 11.3 Å². The molecule has 8 heteroatoms. The Labute approximate surface area is 186 Å². The first-order valence-corrected chi connectivity index (χ1v) is 11.1. The van der Waals surface area contributed by atoms with Crippen LogP contribution in [0.5, 0.6) is 5.75 Å². The molecule has 0 radical (unpaired) electrons. The highest BCUT2D eigenvalue weighted by atomic mass is 32.1. The van der Waals surface area contributed by atoms with Crippen LogP contribution in [0, 0.1) is 5.92 Å². The van der Waals surface area contributed by atoms with Gasteiger partial charge in [0.2, 0.25) is 5.72 Å². The van der Waals surface area contributed by atoms with E-state index in [1.165, 1.54) is 18.3 Å². The minimum absolute atomic E-state index is 0.0644. The summed E-state index contributed by atoms with van der Waals surface area (Å²) in [4.78, 5) is 40.6. The number of carbonyl (C=O) groups is 1. The SMILES string of the molecule is CC(=O)[C@@H]1[C@@H]2c3ccccc3O[C@]1(C)N=c1s/c(=C\c3cnc4ccccc4n3)c(=O)n12. The Morgan fingerprint density at radius 2 is 1.91 bits per heavy atom. The summed E-state index contributed by atoms with van der Waals surface area (Å²) in [7, 11) is 0. The Kier molecular flexibility index (Phi) is 3.98. The number of rotatable bonds is 2. The fourth-order valence-electron chi connectivity index (χ4n) is 4.73. The Hall–Kier alpha value is -3.65. The van der Waals surface area contributed by atoms with Gasteiger partial charge < -0.3 is 4.74 Å². The number of hydrogen-bond acceptors (Lipinski definition) is 7. The molecule has 0 N–H and O–H groups in total. The van der Waals surface area contributed by atoms with Crippen molar-refractivity contribution in [1.82, 2.24) is 14.5 Å². The molecule has 2 aromatic heterocycles. The summed E-state index contributed by atoms with van der Waals surface area (Å²) in [5, 5.41) is 0. The van der Waals surface area contributed by atoms with E-state index < -0.39 is 17.7 Å². The minimum Gasteiger partial charge on any atom is -0.465 e. The monoisotopic (exact) mass is 442 g/mol. The highest BCUT2D eigenvalue weighted by Gasteiger charge is 2.53. The zero-order valence-corrected chi connectivity index (χ0v) is 18.2. The van der Waals surface area contributed by atoms with Gasteiger partial charge in [-0.05, 0) is 38.1 Å².